The summed E-state index contributed by atoms with van der Waals surface area (Å²) in [6, 6.07) is 0.293. The van der Waals surface area contributed by atoms with Crippen molar-refractivity contribution >= 4 is 12.0 Å². The third-order valence-electron chi connectivity index (χ3n) is 2.44. The van der Waals surface area contributed by atoms with E-state index in [1.165, 1.54) is 7.11 Å². The maximum Gasteiger partial charge on any atom is 0.407 e. The maximum atomic E-state index is 11.5. The van der Waals surface area contributed by atoms with E-state index in [-0.39, 0.29) is 12.5 Å². The highest BCUT2D eigenvalue weighted by Gasteiger charge is 2.24. The number of methoxy groups -OCH3 is 1. The lowest BCUT2D eigenvalue weighted by molar-refractivity contribution is -0.130. The number of likely N-dealkylation sites (tertiary alicyclic amines) is 1. The molecule has 14 heavy (non-hydrogen) atoms. The van der Waals surface area contributed by atoms with Crippen LogP contribution in [-0.2, 0) is 9.53 Å². The first-order valence-electron chi connectivity index (χ1n) is 4.76. The van der Waals surface area contributed by atoms with E-state index < -0.39 is 6.09 Å². The number of hydrogen-bond acceptors (Lipinski definition) is 3. The van der Waals surface area contributed by atoms with E-state index in [0.29, 0.717) is 6.04 Å². The highest BCUT2D eigenvalue weighted by molar-refractivity contribution is 5.82. The summed E-state index contributed by atoms with van der Waals surface area (Å²) in [6.07, 6.45) is 1.53. The molecule has 1 heterocycles. The molecular formula is C9H16N2O3. The zero-order valence-electron chi connectivity index (χ0n) is 8.58. The van der Waals surface area contributed by atoms with Crippen molar-refractivity contribution in [3.8, 4) is 0 Å². The largest absolute Gasteiger partial charge is 0.453 e. The normalized spacial score (nSPS) is 20.7. The van der Waals surface area contributed by atoms with Crippen LogP contribution in [0.1, 0.15) is 19.8 Å². The van der Waals surface area contributed by atoms with Gasteiger partial charge >= 0.3 is 6.09 Å². The SMILES string of the molecule is COC(=O)NCC(=O)N1CCCC1C. The number of nitrogens with one attached hydrogen (secondary N) is 1. The van der Waals surface area contributed by atoms with Crippen molar-refractivity contribution in [2.45, 2.75) is 25.8 Å². The maximum absolute atomic E-state index is 11.5. The Morgan fingerprint density at radius 3 is 2.79 bits per heavy atom. The summed E-state index contributed by atoms with van der Waals surface area (Å²) in [4.78, 5) is 24.0. The second kappa shape index (κ2) is 4.83. The Bertz CT molecular complexity index is 230. The molecule has 1 rings (SSSR count). The number of nitrogens with zero attached hydrogens (tertiary/aromatic N) is 1. The lowest BCUT2D eigenvalue weighted by Gasteiger charge is -2.21. The molecule has 1 aliphatic heterocycles. The standard InChI is InChI=1S/C9H16N2O3/c1-7-4-3-5-11(7)8(12)6-10-9(13)14-2/h7H,3-6H2,1-2H3,(H,10,13). The zero-order valence-corrected chi connectivity index (χ0v) is 8.58. The molecule has 5 nitrogen and oxygen atoms in total. The van der Waals surface area contributed by atoms with Crippen LogP contribution in [0, 0.1) is 0 Å². The molecule has 1 atom stereocenters. The average molecular weight is 200 g/mol. The Hall–Kier alpha value is -1.26. The number of alkyl carbamates (subject to hydrolysis) is 1. The molecule has 80 valence electrons. The molecule has 1 fully saturated rings. The van der Waals surface area contributed by atoms with Gasteiger partial charge in [0.1, 0.15) is 6.54 Å². The minimum absolute atomic E-state index is 0.0248. The fraction of sp³-hybridized carbons (Fsp3) is 0.778. The van der Waals surface area contributed by atoms with Crippen LogP contribution in [0.2, 0.25) is 0 Å². The predicted octanol–water partition coefficient (Wildman–Crippen LogP) is 0.353. The molecule has 0 saturated carbocycles. The van der Waals surface area contributed by atoms with E-state index in [0.717, 1.165) is 19.4 Å². The van der Waals surface area contributed by atoms with Gasteiger partial charge in [0.05, 0.1) is 7.11 Å². The van der Waals surface area contributed by atoms with E-state index >= 15 is 0 Å². The monoisotopic (exact) mass is 200 g/mol. The second-order valence-electron chi connectivity index (χ2n) is 3.42. The van der Waals surface area contributed by atoms with Gasteiger partial charge in [-0.3, -0.25) is 4.79 Å². The Morgan fingerprint density at radius 1 is 1.57 bits per heavy atom. The Morgan fingerprint density at radius 2 is 2.29 bits per heavy atom. The first kappa shape index (κ1) is 10.8. The molecule has 1 unspecified atom stereocenters. The Labute approximate surface area is 83.4 Å². The third kappa shape index (κ3) is 2.61. The first-order chi connectivity index (χ1) is 6.65. The van der Waals surface area contributed by atoms with Gasteiger partial charge in [-0.25, -0.2) is 4.79 Å². The highest BCUT2D eigenvalue weighted by atomic mass is 16.5. The molecule has 1 saturated heterocycles. The quantitative estimate of drug-likeness (QED) is 0.700. The molecule has 0 aromatic rings. The van der Waals surface area contributed by atoms with Gasteiger partial charge in [0.25, 0.3) is 0 Å². The lowest BCUT2D eigenvalue weighted by Crippen LogP contribution is -2.41. The van der Waals surface area contributed by atoms with Crippen LogP contribution in [0.25, 0.3) is 0 Å². The van der Waals surface area contributed by atoms with Crippen LogP contribution in [0.3, 0.4) is 0 Å². The van der Waals surface area contributed by atoms with Gasteiger partial charge in [-0.2, -0.15) is 0 Å². The number of amides is 2. The van der Waals surface area contributed by atoms with Crippen LogP contribution in [-0.4, -0.2) is 43.1 Å². The molecule has 1 N–H and O–H groups in total. The summed E-state index contributed by atoms with van der Waals surface area (Å²) in [5.74, 6) is -0.0413. The molecular weight excluding hydrogens is 184 g/mol. The van der Waals surface area contributed by atoms with Crippen LogP contribution in [0.15, 0.2) is 0 Å². The third-order valence-corrected chi connectivity index (χ3v) is 2.44. The topological polar surface area (TPSA) is 58.6 Å². The molecule has 0 aliphatic carbocycles. The lowest BCUT2D eigenvalue weighted by atomic mass is 10.2. The van der Waals surface area contributed by atoms with E-state index in [1.54, 1.807) is 4.90 Å². The van der Waals surface area contributed by atoms with Gasteiger partial charge in [-0.05, 0) is 19.8 Å². The number of carbonyl (C=O) groups excluding carboxylic acids is 2. The number of rotatable bonds is 2. The van der Waals surface area contributed by atoms with Crippen molar-refractivity contribution in [1.29, 1.82) is 0 Å². The molecule has 1 aliphatic rings. The molecule has 0 radical (unpaired) electrons. The van der Waals surface area contributed by atoms with Crippen molar-refractivity contribution in [1.82, 2.24) is 10.2 Å². The van der Waals surface area contributed by atoms with E-state index in [2.05, 4.69) is 10.1 Å². The smallest absolute Gasteiger partial charge is 0.407 e. The van der Waals surface area contributed by atoms with Crippen LogP contribution in [0.4, 0.5) is 4.79 Å². The predicted molar refractivity (Wildman–Crippen MR) is 50.8 cm³/mol. The molecule has 5 heteroatoms. The van der Waals surface area contributed by atoms with E-state index in [1.807, 2.05) is 6.92 Å². The average Bonchev–Trinajstić information content (AvgIpc) is 2.60. The second-order valence-corrected chi connectivity index (χ2v) is 3.42. The fourth-order valence-corrected chi connectivity index (χ4v) is 1.63. The van der Waals surface area contributed by atoms with Crippen molar-refractivity contribution in [3.05, 3.63) is 0 Å². The van der Waals surface area contributed by atoms with Crippen molar-refractivity contribution in [3.63, 3.8) is 0 Å². The first-order valence-corrected chi connectivity index (χ1v) is 4.76. The van der Waals surface area contributed by atoms with Crippen molar-refractivity contribution in [2.24, 2.45) is 0 Å². The summed E-state index contributed by atoms with van der Waals surface area (Å²) in [7, 11) is 1.28. The number of carbonyl (C=O) groups is 2. The summed E-state index contributed by atoms with van der Waals surface area (Å²) in [5.41, 5.74) is 0. The summed E-state index contributed by atoms with van der Waals surface area (Å²) in [6.45, 7) is 2.84. The van der Waals surface area contributed by atoms with Crippen LogP contribution >= 0.6 is 0 Å². The van der Waals surface area contributed by atoms with E-state index in [4.69, 9.17) is 0 Å². The minimum Gasteiger partial charge on any atom is -0.453 e. The fourth-order valence-electron chi connectivity index (χ4n) is 1.63. The van der Waals surface area contributed by atoms with Gasteiger partial charge in [-0.1, -0.05) is 0 Å². The number of ether oxygens (including phenoxy) is 1. The van der Waals surface area contributed by atoms with Gasteiger partial charge in [0.15, 0.2) is 0 Å². The summed E-state index contributed by atoms with van der Waals surface area (Å²) >= 11 is 0. The van der Waals surface area contributed by atoms with Gasteiger partial charge < -0.3 is 15.0 Å². The van der Waals surface area contributed by atoms with Gasteiger partial charge in [0.2, 0.25) is 5.91 Å². The molecule has 0 aromatic carbocycles. The Kier molecular flexibility index (Phi) is 3.73. The molecule has 2 amide bonds. The van der Waals surface area contributed by atoms with Crippen molar-refractivity contribution in [2.75, 3.05) is 20.2 Å². The molecule has 0 aromatic heterocycles. The molecule has 0 bridgehead atoms. The number of hydrogen-bond donors (Lipinski definition) is 1. The van der Waals surface area contributed by atoms with Crippen LogP contribution in [0.5, 0.6) is 0 Å². The van der Waals surface area contributed by atoms with Gasteiger partial charge in [0, 0.05) is 12.6 Å². The summed E-state index contributed by atoms with van der Waals surface area (Å²) in [5, 5.41) is 2.38. The van der Waals surface area contributed by atoms with Gasteiger partial charge in [-0.15, -0.1) is 0 Å². The van der Waals surface area contributed by atoms with Crippen LogP contribution < -0.4 is 5.32 Å². The van der Waals surface area contributed by atoms with Crippen molar-refractivity contribution < 1.29 is 14.3 Å². The van der Waals surface area contributed by atoms with E-state index in [9.17, 15) is 9.59 Å². The highest BCUT2D eigenvalue weighted by Crippen LogP contribution is 2.15. The minimum atomic E-state index is -0.565. The Balaban J connectivity index is 2.31. The zero-order chi connectivity index (χ0) is 10.6. The summed E-state index contributed by atoms with van der Waals surface area (Å²) < 4.78 is 4.37. The molecule has 0 spiro atoms.